The summed E-state index contributed by atoms with van der Waals surface area (Å²) >= 11 is 0. The minimum atomic E-state index is -0.0718. The van der Waals surface area contributed by atoms with E-state index in [1.54, 1.807) is 0 Å². The van der Waals surface area contributed by atoms with Gasteiger partial charge in [-0.05, 0) is 0 Å². The lowest BCUT2D eigenvalue weighted by Gasteiger charge is -1.85. The summed E-state index contributed by atoms with van der Waals surface area (Å²) in [6.07, 6.45) is 0. The summed E-state index contributed by atoms with van der Waals surface area (Å²) in [4.78, 5) is 0. The standard InChI is InChI=1S/CH7N5/c2-1(3)5-6-4/h6H,4H2,(H4,2,3,5). The lowest BCUT2D eigenvalue weighted by atomic mass is 11.1. The minimum Gasteiger partial charge on any atom is -0.369 e. The molecule has 0 aromatic carbocycles. The maximum atomic E-state index is 4.79. The number of nitrogens with zero attached hydrogens (tertiary/aromatic N) is 1. The molecule has 0 atom stereocenters. The van der Waals surface area contributed by atoms with Gasteiger partial charge >= 0.3 is 0 Å². The summed E-state index contributed by atoms with van der Waals surface area (Å²) in [5, 5.41) is 3.12. The highest BCUT2D eigenvalue weighted by Gasteiger charge is 1.67. The Balaban J connectivity index is 3.14. The molecule has 5 heteroatoms. The smallest absolute Gasteiger partial charge is 0.209 e. The number of guanidine groups is 1. The summed E-state index contributed by atoms with van der Waals surface area (Å²) in [5.41, 5.74) is 11.5. The highest BCUT2D eigenvalue weighted by Crippen LogP contribution is 1.39. The molecule has 0 radical (unpaired) electrons. The van der Waals surface area contributed by atoms with Crippen molar-refractivity contribution in [2.24, 2.45) is 22.4 Å². The summed E-state index contributed by atoms with van der Waals surface area (Å²) in [5.74, 6) is 4.56. The van der Waals surface area contributed by atoms with E-state index < -0.39 is 0 Å². The van der Waals surface area contributed by atoms with Crippen molar-refractivity contribution in [1.29, 1.82) is 0 Å². The van der Waals surface area contributed by atoms with Crippen LogP contribution in [-0.4, -0.2) is 5.96 Å². The maximum absolute atomic E-state index is 4.79. The number of hydrogen-bond donors (Lipinski definition) is 4. The first-order valence-corrected chi connectivity index (χ1v) is 1.31. The molecule has 5 nitrogen and oxygen atoms in total. The second-order valence-corrected chi connectivity index (χ2v) is 0.666. The van der Waals surface area contributed by atoms with Crippen LogP contribution in [0.3, 0.4) is 0 Å². The Hall–Kier alpha value is -0.970. The van der Waals surface area contributed by atoms with Crippen LogP contribution in [0.25, 0.3) is 0 Å². The lowest BCUT2D eigenvalue weighted by Crippen LogP contribution is -2.28. The highest BCUT2D eigenvalue weighted by atomic mass is 15.5. The minimum absolute atomic E-state index is 0.0718. The van der Waals surface area contributed by atoms with Crippen molar-refractivity contribution in [3.05, 3.63) is 0 Å². The van der Waals surface area contributed by atoms with Gasteiger partial charge in [-0.2, -0.15) is 0 Å². The quantitative estimate of drug-likeness (QED) is 0.125. The number of hydrazone groups is 1. The van der Waals surface area contributed by atoms with Crippen LogP contribution in [0.4, 0.5) is 0 Å². The molecular formula is CH7N5. The van der Waals surface area contributed by atoms with Crippen molar-refractivity contribution in [3.8, 4) is 0 Å². The largest absolute Gasteiger partial charge is 0.369 e. The van der Waals surface area contributed by atoms with E-state index >= 15 is 0 Å². The van der Waals surface area contributed by atoms with E-state index in [0.29, 0.717) is 0 Å². The van der Waals surface area contributed by atoms with Gasteiger partial charge in [0.1, 0.15) is 0 Å². The van der Waals surface area contributed by atoms with Crippen molar-refractivity contribution in [2.75, 3.05) is 0 Å². The first-order valence-electron chi connectivity index (χ1n) is 1.31. The fourth-order valence-electron chi connectivity index (χ4n) is 0.0745. The van der Waals surface area contributed by atoms with Gasteiger partial charge < -0.3 is 11.5 Å². The molecule has 0 unspecified atom stereocenters. The van der Waals surface area contributed by atoms with Crippen LogP contribution in [0.5, 0.6) is 0 Å². The average molecular weight is 89.1 g/mol. The first-order chi connectivity index (χ1) is 2.77. The fourth-order valence-corrected chi connectivity index (χ4v) is 0.0745. The third kappa shape index (κ3) is 3.03. The van der Waals surface area contributed by atoms with E-state index in [9.17, 15) is 0 Å². The molecule has 36 valence electrons. The molecule has 0 aromatic heterocycles. The van der Waals surface area contributed by atoms with Gasteiger partial charge in [-0.1, -0.05) is 0 Å². The second kappa shape index (κ2) is 2.28. The Kier molecular flexibility index (Phi) is 1.91. The summed E-state index contributed by atoms with van der Waals surface area (Å²) in [7, 11) is 0. The van der Waals surface area contributed by atoms with Gasteiger partial charge in [0.15, 0.2) is 0 Å². The van der Waals surface area contributed by atoms with Crippen molar-refractivity contribution in [3.63, 3.8) is 0 Å². The van der Waals surface area contributed by atoms with Crippen LogP contribution in [-0.2, 0) is 0 Å². The average Bonchev–Trinajstić information content (AvgIpc) is 1.35. The van der Waals surface area contributed by atoms with Gasteiger partial charge in [-0.25, -0.2) is 11.4 Å². The third-order valence-electron chi connectivity index (χ3n) is 0.194. The molecule has 0 saturated carbocycles. The number of rotatable bonds is 1. The molecule has 0 bridgehead atoms. The number of nitrogens with one attached hydrogen (secondary N) is 1. The van der Waals surface area contributed by atoms with Crippen LogP contribution in [0, 0.1) is 0 Å². The molecule has 0 saturated heterocycles. The van der Waals surface area contributed by atoms with E-state index in [-0.39, 0.29) is 5.96 Å². The van der Waals surface area contributed by atoms with Crippen molar-refractivity contribution in [2.45, 2.75) is 0 Å². The molecule has 0 aliphatic heterocycles. The number of nitrogens with two attached hydrogens (primary N) is 3. The van der Waals surface area contributed by atoms with E-state index in [2.05, 4.69) is 10.9 Å². The van der Waals surface area contributed by atoms with Crippen LogP contribution in [0.15, 0.2) is 5.10 Å². The summed E-state index contributed by atoms with van der Waals surface area (Å²) in [6, 6.07) is 0. The Morgan fingerprint density at radius 3 is 2.00 bits per heavy atom. The Labute approximate surface area is 35.1 Å². The zero-order chi connectivity index (χ0) is 4.99. The predicted octanol–water partition coefficient (Wildman–Crippen LogP) is -2.36. The van der Waals surface area contributed by atoms with E-state index in [4.69, 9.17) is 11.5 Å². The van der Waals surface area contributed by atoms with Crippen LogP contribution >= 0.6 is 0 Å². The number of hydrazine groups is 1. The first kappa shape index (κ1) is 5.03. The molecule has 0 aromatic rings. The summed E-state index contributed by atoms with van der Waals surface area (Å²) < 4.78 is 0. The maximum Gasteiger partial charge on any atom is 0.209 e. The highest BCUT2D eigenvalue weighted by molar-refractivity contribution is 5.75. The van der Waals surface area contributed by atoms with Gasteiger partial charge in [0.2, 0.25) is 5.96 Å². The molecule has 0 aliphatic carbocycles. The predicted molar refractivity (Wildman–Crippen MR) is 23.1 cm³/mol. The fraction of sp³-hybridized carbons (Fsp3) is 0. The molecule has 0 aliphatic rings. The normalized spacial score (nSPS) is 6.83. The van der Waals surface area contributed by atoms with Gasteiger partial charge in [0, 0.05) is 0 Å². The lowest BCUT2D eigenvalue weighted by molar-refractivity contribution is 0.801. The Morgan fingerprint density at radius 1 is 1.50 bits per heavy atom. The van der Waals surface area contributed by atoms with Gasteiger partial charge in [0.25, 0.3) is 0 Å². The number of hydrogen-bond acceptors (Lipinski definition) is 3. The van der Waals surface area contributed by atoms with Crippen LogP contribution < -0.4 is 22.8 Å². The van der Waals surface area contributed by atoms with Crippen LogP contribution in [0.1, 0.15) is 0 Å². The Bertz CT molecular complexity index is 51.0. The van der Waals surface area contributed by atoms with Crippen LogP contribution in [0.2, 0.25) is 0 Å². The SMILES string of the molecule is NNN=C(N)N. The molecule has 0 amide bonds. The third-order valence-corrected chi connectivity index (χ3v) is 0.194. The van der Waals surface area contributed by atoms with Gasteiger partial charge in [-0.15, -0.1) is 5.10 Å². The van der Waals surface area contributed by atoms with E-state index in [0.717, 1.165) is 0 Å². The van der Waals surface area contributed by atoms with E-state index in [1.165, 1.54) is 0 Å². The Morgan fingerprint density at radius 2 is 2.00 bits per heavy atom. The molecule has 7 N–H and O–H groups in total. The van der Waals surface area contributed by atoms with Gasteiger partial charge in [-0.3, -0.25) is 0 Å². The second-order valence-electron chi connectivity index (χ2n) is 0.666. The molecule has 0 rings (SSSR count). The molecular weight excluding hydrogens is 82.0 g/mol. The molecule has 0 fully saturated rings. The molecule has 6 heavy (non-hydrogen) atoms. The topological polar surface area (TPSA) is 102 Å². The van der Waals surface area contributed by atoms with E-state index in [1.807, 2.05) is 5.53 Å². The van der Waals surface area contributed by atoms with Gasteiger partial charge in [0.05, 0.1) is 0 Å². The zero-order valence-corrected chi connectivity index (χ0v) is 3.18. The zero-order valence-electron chi connectivity index (χ0n) is 3.18. The molecule has 0 spiro atoms. The van der Waals surface area contributed by atoms with Crippen molar-refractivity contribution >= 4 is 5.96 Å². The molecule has 0 heterocycles. The summed E-state index contributed by atoms with van der Waals surface area (Å²) in [6.45, 7) is 0. The van der Waals surface area contributed by atoms with Crippen molar-refractivity contribution in [1.82, 2.24) is 5.53 Å². The van der Waals surface area contributed by atoms with Crippen molar-refractivity contribution < 1.29 is 0 Å². The monoisotopic (exact) mass is 89.1 g/mol.